The normalized spacial score (nSPS) is 11.3. The molecule has 5 aromatic rings. The van der Waals surface area contributed by atoms with E-state index in [0.29, 0.717) is 0 Å². The molecule has 1 heterocycles. The van der Waals surface area contributed by atoms with Gasteiger partial charge in [0.2, 0.25) is 17.6 Å². The lowest BCUT2D eigenvalue weighted by atomic mass is 9.92. The first-order valence-corrected chi connectivity index (χ1v) is 9.27. The van der Waals surface area contributed by atoms with Crippen LogP contribution in [0.2, 0.25) is 0 Å². The maximum Gasteiger partial charge on any atom is 0.370 e. The lowest BCUT2D eigenvalue weighted by Gasteiger charge is -2.13. The molecule has 28 heavy (non-hydrogen) atoms. The van der Waals surface area contributed by atoms with E-state index in [2.05, 4.69) is 48.5 Å². The summed E-state index contributed by atoms with van der Waals surface area (Å²) in [6.07, 6.45) is 0. The van der Waals surface area contributed by atoms with Gasteiger partial charge < -0.3 is 5.11 Å². The largest absolute Gasteiger partial charge is 0.477 e. The number of carbonyl (C=O) groups is 1. The molecule has 0 atom stereocenters. The van der Waals surface area contributed by atoms with Crippen LogP contribution in [0.4, 0.5) is 0 Å². The fourth-order valence-corrected chi connectivity index (χ4v) is 4.15. The Balaban J connectivity index is 2.00. The molecular weight excluding hydrogens is 346 g/mol. The van der Waals surface area contributed by atoms with Crippen molar-refractivity contribution in [2.75, 3.05) is 0 Å². The summed E-state index contributed by atoms with van der Waals surface area (Å²) in [5, 5.41) is 14.0. The van der Waals surface area contributed by atoms with E-state index in [9.17, 15) is 9.90 Å². The first kappa shape index (κ1) is 16.5. The third-order valence-corrected chi connectivity index (χ3v) is 5.28. The van der Waals surface area contributed by atoms with Crippen molar-refractivity contribution < 1.29 is 14.5 Å². The number of benzene rings is 4. The number of rotatable bonds is 3. The summed E-state index contributed by atoms with van der Waals surface area (Å²) in [7, 11) is 0. The van der Waals surface area contributed by atoms with Crippen LogP contribution in [0.1, 0.15) is 0 Å². The number of nitrogens with zero attached hydrogens (tertiary/aromatic N) is 1. The molecule has 0 saturated heterocycles. The highest BCUT2D eigenvalue weighted by molar-refractivity contribution is 6.13. The monoisotopic (exact) mass is 364 g/mol. The molecule has 1 N–H and O–H groups in total. The van der Waals surface area contributed by atoms with Crippen molar-refractivity contribution in [3.05, 3.63) is 91.0 Å². The molecule has 0 radical (unpaired) electrons. The molecule has 0 aliphatic rings. The van der Waals surface area contributed by atoms with Gasteiger partial charge in [0, 0.05) is 17.7 Å². The number of hydrogen-bond acceptors (Lipinski definition) is 1. The van der Waals surface area contributed by atoms with Crippen LogP contribution < -0.4 is 4.57 Å². The number of carboxylic acid groups (broad SMARTS) is 1. The highest BCUT2D eigenvalue weighted by atomic mass is 16.4. The molecule has 0 aliphatic carbocycles. The van der Waals surface area contributed by atoms with Crippen molar-refractivity contribution in [3.8, 4) is 11.1 Å². The van der Waals surface area contributed by atoms with Crippen molar-refractivity contribution in [2.45, 2.75) is 6.54 Å². The summed E-state index contributed by atoms with van der Waals surface area (Å²) in [4.78, 5) is 11.6. The van der Waals surface area contributed by atoms with Crippen LogP contribution in [0.3, 0.4) is 0 Å². The fourth-order valence-electron chi connectivity index (χ4n) is 4.15. The van der Waals surface area contributed by atoms with E-state index >= 15 is 0 Å². The number of carboxylic acids is 1. The highest BCUT2D eigenvalue weighted by Gasteiger charge is 2.23. The van der Waals surface area contributed by atoms with Crippen molar-refractivity contribution in [2.24, 2.45) is 0 Å². The summed E-state index contributed by atoms with van der Waals surface area (Å²) in [5.74, 6) is -0.849. The van der Waals surface area contributed by atoms with E-state index in [0.717, 1.165) is 32.9 Å². The summed E-state index contributed by atoms with van der Waals surface area (Å²) in [6.45, 7) is -0.0726. The van der Waals surface area contributed by atoms with Gasteiger partial charge in [0.1, 0.15) is 0 Å². The average Bonchev–Trinajstić information content (AvgIpc) is 2.73. The van der Waals surface area contributed by atoms with Gasteiger partial charge >= 0.3 is 5.97 Å². The summed E-state index contributed by atoms with van der Waals surface area (Å²) in [5.41, 5.74) is 4.15. The van der Waals surface area contributed by atoms with Gasteiger partial charge in [-0.3, -0.25) is 0 Å². The van der Waals surface area contributed by atoms with Crippen molar-refractivity contribution in [3.63, 3.8) is 0 Å². The Morgan fingerprint density at radius 1 is 0.679 bits per heavy atom. The van der Waals surface area contributed by atoms with Crippen molar-refractivity contribution in [1.82, 2.24) is 0 Å². The molecule has 134 valence electrons. The zero-order valence-corrected chi connectivity index (χ0v) is 15.2. The van der Waals surface area contributed by atoms with Crippen molar-refractivity contribution in [1.29, 1.82) is 0 Å². The molecule has 0 amide bonds. The summed E-state index contributed by atoms with van der Waals surface area (Å²) >= 11 is 0. The van der Waals surface area contributed by atoms with Crippen LogP contribution >= 0.6 is 0 Å². The predicted molar refractivity (Wildman–Crippen MR) is 112 cm³/mol. The van der Waals surface area contributed by atoms with Crippen LogP contribution in [0.25, 0.3) is 43.7 Å². The Bertz CT molecular complexity index is 1310. The van der Waals surface area contributed by atoms with E-state index in [1.165, 1.54) is 10.8 Å². The molecule has 0 unspecified atom stereocenters. The van der Waals surface area contributed by atoms with Gasteiger partial charge in [0.25, 0.3) is 0 Å². The Morgan fingerprint density at radius 2 is 1.21 bits per heavy atom. The minimum absolute atomic E-state index is 0.0726. The van der Waals surface area contributed by atoms with Gasteiger partial charge in [0.15, 0.2) is 0 Å². The maximum absolute atomic E-state index is 11.6. The number of pyridine rings is 1. The molecular formula is C25H18NO2+. The van der Waals surface area contributed by atoms with Crippen LogP contribution in [0, 0.1) is 0 Å². The standard InChI is InChI=1S/C25H17NO2/c27-24(28)16-26-22-14-5-3-11-20(22)25(21-12-4-6-15-23(21)26)19-13-7-9-17-8-1-2-10-18(17)19/h1-15H,16H2/p+1. The SMILES string of the molecule is O=C(O)C[n+]1c2ccccc2c(-c2cccc3ccccc23)c2ccccc21. The quantitative estimate of drug-likeness (QED) is 0.354. The number of aliphatic carboxylic acids is 1. The number of fused-ring (bicyclic) bond motifs is 3. The van der Waals surface area contributed by atoms with Gasteiger partial charge in [-0.2, -0.15) is 4.57 Å². The molecule has 5 rings (SSSR count). The van der Waals surface area contributed by atoms with Crippen LogP contribution in [-0.4, -0.2) is 11.1 Å². The lowest BCUT2D eigenvalue weighted by molar-refractivity contribution is -0.633. The zero-order valence-electron chi connectivity index (χ0n) is 15.2. The zero-order chi connectivity index (χ0) is 19.1. The fraction of sp³-hybridized carbons (Fsp3) is 0.0400. The maximum atomic E-state index is 11.6. The highest BCUT2D eigenvalue weighted by Crippen LogP contribution is 2.37. The Labute approximate surface area is 162 Å². The van der Waals surface area contributed by atoms with Gasteiger partial charge in [0.05, 0.1) is 10.8 Å². The summed E-state index contributed by atoms with van der Waals surface area (Å²) < 4.78 is 1.89. The van der Waals surface area contributed by atoms with Crippen LogP contribution in [0.5, 0.6) is 0 Å². The second kappa shape index (κ2) is 6.46. The Hall–Kier alpha value is -3.72. The van der Waals surface area contributed by atoms with E-state index in [4.69, 9.17) is 0 Å². The molecule has 0 saturated carbocycles. The number of aromatic nitrogens is 1. The van der Waals surface area contributed by atoms with E-state index in [1.807, 2.05) is 47.0 Å². The number of hydrogen-bond donors (Lipinski definition) is 1. The van der Waals surface area contributed by atoms with Crippen LogP contribution in [-0.2, 0) is 11.3 Å². The molecule has 0 fully saturated rings. The molecule has 4 aromatic carbocycles. The first-order chi connectivity index (χ1) is 13.7. The Morgan fingerprint density at radius 3 is 1.86 bits per heavy atom. The average molecular weight is 364 g/mol. The molecule has 0 bridgehead atoms. The lowest BCUT2D eigenvalue weighted by Crippen LogP contribution is -2.39. The van der Waals surface area contributed by atoms with Gasteiger partial charge in [-0.25, -0.2) is 4.79 Å². The first-order valence-electron chi connectivity index (χ1n) is 9.27. The predicted octanol–water partition coefficient (Wildman–Crippen LogP) is 5.19. The van der Waals surface area contributed by atoms with E-state index < -0.39 is 5.97 Å². The molecule has 3 nitrogen and oxygen atoms in total. The summed E-state index contributed by atoms with van der Waals surface area (Å²) in [6, 6.07) is 30.8. The molecule has 0 aliphatic heterocycles. The topological polar surface area (TPSA) is 41.2 Å². The van der Waals surface area contributed by atoms with Crippen LogP contribution in [0.15, 0.2) is 91.0 Å². The smallest absolute Gasteiger partial charge is 0.370 e. The van der Waals surface area contributed by atoms with Gasteiger partial charge in [-0.05, 0) is 28.5 Å². The minimum atomic E-state index is -0.849. The second-order valence-corrected chi connectivity index (χ2v) is 6.92. The van der Waals surface area contributed by atoms with Gasteiger partial charge in [-0.1, -0.05) is 66.7 Å². The second-order valence-electron chi connectivity index (χ2n) is 6.92. The third-order valence-electron chi connectivity index (χ3n) is 5.28. The number of para-hydroxylation sites is 2. The van der Waals surface area contributed by atoms with E-state index in [1.54, 1.807) is 0 Å². The Kier molecular flexibility index (Phi) is 3.80. The minimum Gasteiger partial charge on any atom is -0.477 e. The molecule has 1 aromatic heterocycles. The van der Waals surface area contributed by atoms with Gasteiger partial charge in [-0.15, -0.1) is 0 Å². The molecule has 3 heteroatoms. The van der Waals surface area contributed by atoms with Crippen molar-refractivity contribution >= 4 is 38.5 Å². The third kappa shape index (κ3) is 2.52. The van der Waals surface area contributed by atoms with E-state index in [-0.39, 0.29) is 6.54 Å². The molecule has 0 spiro atoms.